The highest BCUT2D eigenvalue weighted by molar-refractivity contribution is 5.69. The third-order valence-electron chi connectivity index (χ3n) is 5.88. The van der Waals surface area contributed by atoms with Crippen molar-refractivity contribution in [3.8, 4) is 0 Å². The summed E-state index contributed by atoms with van der Waals surface area (Å²) in [6, 6.07) is 0.641. The van der Waals surface area contributed by atoms with E-state index in [0.717, 1.165) is 37.4 Å². The van der Waals surface area contributed by atoms with Gasteiger partial charge in [-0.3, -0.25) is 0 Å². The molecule has 2 bridgehead atoms. The van der Waals surface area contributed by atoms with Crippen LogP contribution in [0.5, 0.6) is 0 Å². The topological polar surface area (TPSA) is 41.6 Å². The molecule has 5 unspecified atom stereocenters. The molecule has 1 saturated heterocycles. The molecule has 1 N–H and O–H groups in total. The summed E-state index contributed by atoms with van der Waals surface area (Å²) in [5, 5.41) is 3.78. The summed E-state index contributed by atoms with van der Waals surface area (Å²) in [5.41, 5.74) is -0.392. The molecule has 2 saturated carbocycles. The second-order valence-electron chi connectivity index (χ2n) is 8.69. The van der Waals surface area contributed by atoms with Gasteiger partial charge in [-0.1, -0.05) is 12.2 Å². The molecule has 1 amide bonds. The molecule has 4 aliphatic rings. The van der Waals surface area contributed by atoms with Gasteiger partial charge in [0.05, 0.1) is 0 Å². The van der Waals surface area contributed by atoms with Gasteiger partial charge in [-0.15, -0.1) is 0 Å². The lowest BCUT2D eigenvalue weighted by atomic mass is 9.93. The fourth-order valence-corrected chi connectivity index (χ4v) is 4.72. The van der Waals surface area contributed by atoms with E-state index in [-0.39, 0.29) is 6.09 Å². The number of rotatable bonds is 3. The predicted octanol–water partition coefficient (Wildman–Crippen LogP) is 2.65. The first-order valence-corrected chi connectivity index (χ1v) is 8.80. The zero-order valence-corrected chi connectivity index (χ0v) is 13.9. The number of hydrogen-bond donors (Lipinski definition) is 1. The van der Waals surface area contributed by atoms with E-state index in [9.17, 15) is 4.79 Å². The van der Waals surface area contributed by atoms with Crippen LogP contribution in [0, 0.1) is 29.6 Å². The molecule has 4 rings (SSSR count). The molecule has 0 radical (unpaired) electrons. The minimum Gasteiger partial charge on any atom is -0.444 e. The molecular weight excluding hydrogens is 276 g/mol. The number of nitrogens with zero attached hydrogens (tertiary/aromatic N) is 1. The van der Waals surface area contributed by atoms with E-state index in [1.165, 1.54) is 12.8 Å². The predicted molar refractivity (Wildman–Crippen MR) is 85.4 cm³/mol. The van der Waals surface area contributed by atoms with Crippen LogP contribution in [0.3, 0.4) is 0 Å². The highest BCUT2D eigenvalue weighted by Gasteiger charge is 2.57. The normalized spacial score (nSPS) is 41.9. The number of carbonyl (C=O) groups excluding carboxylic acids is 1. The number of carbonyl (C=O) groups is 1. The van der Waals surface area contributed by atoms with Crippen LogP contribution in [0.4, 0.5) is 4.79 Å². The van der Waals surface area contributed by atoms with Crippen LogP contribution in [0.25, 0.3) is 0 Å². The summed E-state index contributed by atoms with van der Waals surface area (Å²) >= 11 is 0. The Labute approximate surface area is 133 Å². The van der Waals surface area contributed by atoms with Gasteiger partial charge in [-0.2, -0.15) is 0 Å². The fraction of sp³-hybridized carbons (Fsp3) is 0.833. The zero-order valence-electron chi connectivity index (χ0n) is 13.9. The highest BCUT2D eigenvalue weighted by atomic mass is 16.6. The monoisotopic (exact) mass is 304 g/mol. The van der Waals surface area contributed by atoms with E-state index in [0.29, 0.717) is 17.9 Å². The van der Waals surface area contributed by atoms with Crippen LogP contribution in [-0.2, 0) is 4.74 Å². The number of hydrogen-bond acceptors (Lipinski definition) is 3. The first kappa shape index (κ1) is 14.6. The average molecular weight is 304 g/mol. The summed E-state index contributed by atoms with van der Waals surface area (Å²) in [4.78, 5) is 14.0. The molecule has 0 aromatic carbocycles. The molecule has 4 nitrogen and oxygen atoms in total. The molecular formula is C18H28N2O2. The van der Waals surface area contributed by atoms with Gasteiger partial charge < -0.3 is 15.0 Å². The molecule has 5 atom stereocenters. The summed E-state index contributed by atoms with van der Waals surface area (Å²) in [7, 11) is 0. The second kappa shape index (κ2) is 4.98. The standard InChI is InChI=1S/C18H28N2O2/c1-18(2,3)22-17(21)20-9-14-15(10-20)16(14)19-8-13-7-11-4-5-12(13)6-11/h4-5,11-16,19H,6-10H2,1-3H3. The van der Waals surface area contributed by atoms with Crippen LogP contribution in [0.2, 0.25) is 0 Å². The van der Waals surface area contributed by atoms with Crippen LogP contribution in [0.15, 0.2) is 12.2 Å². The zero-order chi connectivity index (χ0) is 15.5. The molecule has 1 aliphatic heterocycles. The average Bonchev–Trinajstić information content (AvgIpc) is 2.89. The second-order valence-corrected chi connectivity index (χ2v) is 8.69. The summed E-state index contributed by atoms with van der Waals surface area (Å²) < 4.78 is 5.46. The number of likely N-dealkylation sites (tertiary alicyclic amines) is 1. The molecule has 22 heavy (non-hydrogen) atoms. The fourth-order valence-electron chi connectivity index (χ4n) is 4.72. The van der Waals surface area contributed by atoms with Gasteiger partial charge >= 0.3 is 6.09 Å². The van der Waals surface area contributed by atoms with E-state index in [1.807, 2.05) is 25.7 Å². The van der Waals surface area contributed by atoms with Crippen LogP contribution in [0.1, 0.15) is 33.6 Å². The Balaban J connectivity index is 1.20. The van der Waals surface area contributed by atoms with Crippen molar-refractivity contribution in [1.29, 1.82) is 0 Å². The van der Waals surface area contributed by atoms with Crippen LogP contribution >= 0.6 is 0 Å². The Kier molecular flexibility index (Phi) is 3.30. The third kappa shape index (κ3) is 2.66. The van der Waals surface area contributed by atoms with Gasteiger partial charge in [-0.05, 0) is 69.7 Å². The minimum absolute atomic E-state index is 0.142. The van der Waals surface area contributed by atoms with Gasteiger partial charge in [0.2, 0.25) is 0 Å². The number of amides is 1. The van der Waals surface area contributed by atoms with Crippen molar-refractivity contribution in [1.82, 2.24) is 10.2 Å². The van der Waals surface area contributed by atoms with Crippen molar-refractivity contribution in [3.05, 3.63) is 12.2 Å². The SMILES string of the molecule is CC(C)(C)OC(=O)N1CC2C(C1)C2NCC1CC2C=CC1C2. The third-order valence-corrected chi connectivity index (χ3v) is 5.88. The van der Waals surface area contributed by atoms with E-state index in [2.05, 4.69) is 17.5 Å². The van der Waals surface area contributed by atoms with Crippen molar-refractivity contribution >= 4 is 6.09 Å². The van der Waals surface area contributed by atoms with Crippen LogP contribution in [-0.4, -0.2) is 42.3 Å². The van der Waals surface area contributed by atoms with Crippen molar-refractivity contribution in [2.75, 3.05) is 19.6 Å². The summed E-state index contributed by atoms with van der Waals surface area (Å²) in [5.74, 6) is 3.84. The Bertz CT molecular complexity index is 484. The maximum atomic E-state index is 12.1. The Hall–Kier alpha value is -1.03. The number of fused-ring (bicyclic) bond motifs is 3. The van der Waals surface area contributed by atoms with Gasteiger partial charge in [0.15, 0.2) is 0 Å². The largest absolute Gasteiger partial charge is 0.444 e. The first-order chi connectivity index (χ1) is 10.4. The van der Waals surface area contributed by atoms with E-state index in [1.54, 1.807) is 0 Å². The van der Waals surface area contributed by atoms with Gasteiger partial charge in [-0.25, -0.2) is 4.79 Å². The summed E-state index contributed by atoms with van der Waals surface area (Å²) in [6.07, 6.45) is 7.46. The molecule has 0 aromatic rings. The molecule has 0 aromatic heterocycles. The molecule has 0 spiro atoms. The maximum absolute atomic E-state index is 12.1. The van der Waals surface area contributed by atoms with Gasteiger partial charge in [0.25, 0.3) is 0 Å². The lowest BCUT2D eigenvalue weighted by molar-refractivity contribution is 0.0269. The van der Waals surface area contributed by atoms with E-state index in [4.69, 9.17) is 4.74 Å². The Morgan fingerprint density at radius 2 is 1.95 bits per heavy atom. The first-order valence-electron chi connectivity index (χ1n) is 8.80. The Morgan fingerprint density at radius 3 is 2.50 bits per heavy atom. The molecule has 1 heterocycles. The maximum Gasteiger partial charge on any atom is 0.410 e. The molecule has 122 valence electrons. The summed E-state index contributed by atoms with van der Waals surface area (Å²) in [6.45, 7) is 8.68. The van der Waals surface area contributed by atoms with Crippen molar-refractivity contribution < 1.29 is 9.53 Å². The van der Waals surface area contributed by atoms with Gasteiger partial charge in [0, 0.05) is 19.1 Å². The minimum atomic E-state index is -0.392. The molecule has 3 fully saturated rings. The highest BCUT2D eigenvalue weighted by Crippen LogP contribution is 2.47. The number of piperidine rings is 1. The number of ether oxygens (including phenoxy) is 1. The lowest BCUT2D eigenvalue weighted by Gasteiger charge is -2.26. The number of allylic oxidation sites excluding steroid dienone is 2. The smallest absolute Gasteiger partial charge is 0.410 e. The molecule has 4 heteroatoms. The van der Waals surface area contributed by atoms with Gasteiger partial charge in [0.1, 0.15) is 5.60 Å². The van der Waals surface area contributed by atoms with Crippen molar-refractivity contribution in [3.63, 3.8) is 0 Å². The van der Waals surface area contributed by atoms with Crippen molar-refractivity contribution in [2.24, 2.45) is 29.6 Å². The van der Waals surface area contributed by atoms with E-state index < -0.39 is 5.60 Å². The Morgan fingerprint density at radius 1 is 1.23 bits per heavy atom. The van der Waals surface area contributed by atoms with Crippen molar-refractivity contribution in [2.45, 2.75) is 45.3 Å². The van der Waals surface area contributed by atoms with E-state index >= 15 is 0 Å². The quantitative estimate of drug-likeness (QED) is 0.815. The molecule has 3 aliphatic carbocycles. The number of nitrogens with one attached hydrogen (secondary N) is 1. The van der Waals surface area contributed by atoms with Crippen LogP contribution < -0.4 is 5.32 Å². The lowest BCUT2D eigenvalue weighted by Crippen LogP contribution is -2.40.